The van der Waals surface area contributed by atoms with Crippen molar-refractivity contribution < 1.29 is 19.2 Å². The number of Topliss-reactive ketones (excluding diaryl/α,β-unsaturated/α-hetero) is 1. The first-order chi connectivity index (χ1) is 10.1. The number of hydrogen-bond donors (Lipinski definition) is 0. The summed E-state index contributed by atoms with van der Waals surface area (Å²) in [6.07, 6.45) is 3.19. The van der Waals surface area contributed by atoms with Gasteiger partial charge in [0.25, 0.3) is 0 Å². The maximum atomic E-state index is 12.5. The fourth-order valence-electron chi connectivity index (χ4n) is 3.28. The van der Waals surface area contributed by atoms with Gasteiger partial charge < -0.3 is 9.47 Å². The van der Waals surface area contributed by atoms with Crippen LogP contribution < -0.4 is 9.47 Å². The summed E-state index contributed by atoms with van der Waals surface area (Å²) in [5.74, 6) is 1.38. The zero-order valence-electron chi connectivity index (χ0n) is 11.7. The first kappa shape index (κ1) is 13.9. The van der Waals surface area contributed by atoms with Crippen molar-refractivity contribution in [3.05, 3.63) is 33.9 Å². The Labute approximate surface area is 122 Å². The van der Waals surface area contributed by atoms with Gasteiger partial charge in [-0.2, -0.15) is 0 Å². The van der Waals surface area contributed by atoms with E-state index in [0.717, 1.165) is 18.4 Å². The number of fused-ring (bicyclic) bond motifs is 1. The normalized spacial score (nSPS) is 24.1. The molecule has 0 spiro atoms. The molecule has 112 valence electrons. The molecule has 1 aromatic rings. The second-order valence-corrected chi connectivity index (χ2v) is 5.59. The van der Waals surface area contributed by atoms with E-state index < -0.39 is 5.41 Å². The Balaban J connectivity index is 1.98. The van der Waals surface area contributed by atoms with Crippen LogP contribution >= 0.6 is 0 Å². The average Bonchev–Trinajstić information content (AvgIpc) is 2.94. The van der Waals surface area contributed by atoms with Gasteiger partial charge in [0.15, 0.2) is 11.5 Å². The second-order valence-electron chi connectivity index (χ2n) is 5.59. The van der Waals surface area contributed by atoms with E-state index in [9.17, 15) is 14.9 Å². The zero-order chi connectivity index (χ0) is 14.9. The summed E-state index contributed by atoms with van der Waals surface area (Å²) in [4.78, 5) is 22.9. The smallest absolute Gasteiger partial charge is 0.231 e. The number of carbonyl (C=O) groups is 1. The molecule has 3 rings (SSSR count). The highest BCUT2D eigenvalue weighted by Gasteiger charge is 2.42. The molecular formula is C15H17NO5. The highest BCUT2D eigenvalue weighted by Crippen LogP contribution is 2.43. The third-order valence-corrected chi connectivity index (χ3v) is 4.44. The van der Waals surface area contributed by atoms with Crippen LogP contribution in [0.25, 0.3) is 0 Å². The third-order valence-electron chi connectivity index (χ3n) is 4.44. The van der Waals surface area contributed by atoms with Crippen molar-refractivity contribution in [2.24, 2.45) is 0 Å². The van der Waals surface area contributed by atoms with Gasteiger partial charge in [-0.15, -0.1) is 0 Å². The van der Waals surface area contributed by atoms with E-state index in [1.165, 1.54) is 0 Å². The molecule has 0 amide bonds. The predicted octanol–water partition coefficient (Wildman–Crippen LogP) is 2.46. The van der Waals surface area contributed by atoms with Crippen LogP contribution in [0.1, 0.15) is 37.7 Å². The fraction of sp³-hybridized carbons (Fsp3) is 0.533. The molecule has 1 fully saturated rings. The number of ether oxygens (including phenoxy) is 2. The molecular weight excluding hydrogens is 274 g/mol. The minimum absolute atomic E-state index is 0.106. The number of hydrogen-bond acceptors (Lipinski definition) is 5. The molecule has 0 bridgehead atoms. The van der Waals surface area contributed by atoms with Gasteiger partial charge in [-0.25, -0.2) is 0 Å². The Morgan fingerprint density at radius 1 is 1.24 bits per heavy atom. The van der Waals surface area contributed by atoms with Crippen molar-refractivity contribution >= 4 is 5.78 Å². The maximum Gasteiger partial charge on any atom is 0.231 e. The Morgan fingerprint density at radius 3 is 2.81 bits per heavy atom. The molecule has 1 aromatic carbocycles. The van der Waals surface area contributed by atoms with Gasteiger partial charge >= 0.3 is 0 Å². The lowest BCUT2D eigenvalue weighted by Crippen LogP contribution is -2.40. The molecule has 0 radical (unpaired) electrons. The van der Waals surface area contributed by atoms with Crippen molar-refractivity contribution in [2.75, 3.05) is 13.3 Å². The summed E-state index contributed by atoms with van der Waals surface area (Å²) in [6.45, 7) is -0.0190. The van der Waals surface area contributed by atoms with Crippen LogP contribution in [-0.4, -0.2) is 24.0 Å². The summed E-state index contributed by atoms with van der Waals surface area (Å²) >= 11 is 0. The standard InChI is InChI=1S/C15H17NO5/c17-14-3-1-2-6-15(14,7-8-16(18)19)11-4-5-12-13(9-11)21-10-20-12/h4-5,9H,1-3,6-8,10H2. The Morgan fingerprint density at radius 2 is 2.05 bits per heavy atom. The first-order valence-electron chi connectivity index (χ1n) is 7.17. The van der Waals surface area contributed by atoms with Gasteiger partial charge in [-0.05, 0) is 30.5 Å². The van der Waals surface area contributed by atoms with Gasteiger partial charge in [0.2, 0.25) is 13.3 Å². The Hall–Kier alpha value is -2.11. The van der Waals surface area contributed by atoms with E-state index in [4.69, 9.17) is 9.47 Å². The lowest BCUT2D eigenvalue weighted by atomic mass is 9.66. The van der Waals surface area contributed by atoms with Gasteiger partial charge in [-0.3, -0.25) is 14.9 Å². The topological polar surface area (TPSA) is 78.7 Å². The molecule has 0 saturated heterocycles. The minimum atomic E-state index is -0.744. The number of nitrogens with zero attached hydrogens (tertiary/aromatic N) is 1. The molecule has 1 saturated carbocycles. The van der Waals surface area contributed by atoms with Crippen LogP contribution in [0.3, 0.4) is 0 Å². The Bertz CT molecular complexity index is 585. The van der Waals surface area contributed by atoms with Crippen molar-refractivity contribution in [2.45, 2.75) is 37.5 Å². The highest BCUT2D eigenvalue weighted by molar-refractivity contribution is 5.91. The first-order valence-corrected chi connectivity index (χ1v) is 7.17. The molecule has 21 heavy (non-hydrogen) atoms. The molecule has 0 aromatic heterocycles. The van der Waals surface area contributed by atoms with Crippen LogP contribution in [0.5, 0.6) is 11.5 Å². The molecule has 6 heteroatoms. The van der Waals surface area contributed by atoms with Crippen molar-refractivity contribution in [1.29, 1.82) is 0 Å². The van der Waals surface area contributed by atoms with E-state index in [2.05, 4.69) is 0 Å². The molecule has 1 aliphatic heterocycles. The van der Waals surface area contributed by atoms with Crippen LogP contribution in [0.4, 0.5) is 0 Å². The molecule has 1 atom stereocenters. The van der Waals surface area contributed by atoms with Crippen LogP contribution in [0.15, 0.2) is 18.2 Å². The largest absolute Gasteiger partial charge is 0.454 e. The molecule has 1 unspecified atom stereocenters. The zero-order valence-corrected chi connectivity index (χ0v) is 11.7. The fourth-order valence-corrected chi connectivity index (χ4v) is 3.28. The van der Waals surface area contributed by atoms with Gasteiger partial charge in [-0.1, -0.05) is 12.5 Å². The maximum absolute atomic E-state index is 12.5. The van der Waals surface area contributed by atoms with Crippen molar-refractivity contribution in [3.63, 3.8) is 0 Å². The molecule has 6 nitrogen and oxygen atoms in total. The third kappa shape index (κ3) is 2.46. The summed E-state index contributed by atoms with van der Waals surface area (Å²) in [7, 11) is 0. The number of rotatable bonds is 4. The van der Waals surface area contributed by atoms with Gasteiger partial charge in [0.1, 0.15) is 5.78 Å². The van der Waals surface area contributed by atoms with Gasteiger partial charge in [0.05, 0.1) is 5.41 Å². The van der Waals surface area contributed by atoms with Crippen molar-refractivity contribution in [1.82, 2.24) is 0 Å². The van der Waals surface area contributed by atoms with E-state index >= 15 is 0 Å². The van der Waals surface area contributed by atoms with Crippen LogP contribution in [-0.2, 0) is 10.2 Å². The van der Waals surface area contributed by atoms with Crippen LogP contribution in [0.2, 0.25) is 0 Å². The van der Waals surface area contributed by atoms with E-state index in [1.54, 1.807) is 6.07 Å². The van der Waals surface area contributed by atoms with Crippen molar-refractivity contribution in [3.8, 4) is 11.5 Å². The monoisotopic (exact) mass is 291 g/mol. The summed E-state index contributed by atoms with van der Waals surface area (Å²) in [5.41, 5.74) is 0.0741. The van der Waals surface area contributed by atoms with E-state index in [-0.39, 0.29) is 30.5 Å². The minimum Gasteiger partial charge on any atom is -0.454 e. The highest BCUT2D eigenvalue weighted by atomic mass is 16.7. The quantitative estimate of drug-likeness (QED) is 0.629. The Kier molecular flexibility index (Phi) is 3.53. The predicted molar refractivity (Wildman–Crippen MR) is 74.2 cm³/mol. The number of ketones is 1. The lowest BCUT2D eigenvalue weighted by molar-refractivity contribution is -0.481. The average molecular weight is 291 g/mol. The van der Waals surface area contributed by atoms with E-state index in [0.29, 0.717) is 24.3 Å². The molecule has 2 aliphatic rings. The van der Waals surface area contributed by atoms with Crippen LogP contribution in [0, 0.1) is 10.1 Å². The van der Waals surface area contributed by atoms with Gasteiger partial charge in [0, 0.05) is 17.8 Å². The number of nitro groups is 1. The SMILES string of the molecule is O=C1CCCCC1(CC[N+](=O)[O-])c1ccc2c(c1)OCO2. The number of benzene rings is 1. The molecule has 0 N–H and O–H groups in total. The second kappa shape index (κ2) is 5.35. The molecule has 1 aliphatic carbocycles. The summed E-state index contributed by atoms with van der Waals surface area (Å²) in [6, 6.07) is 5.44. The summed E-state index contributed by atoms with van der Waals surface area (Å²) in [5, 5.41) is 10.8. The lowest BCUT2D eigenvalue weighted by Gasteiger charge is -2.35. The number of carbonyl (C=O) groups excluding carboxylic acids is 1. The van der Waals surface area contributed by atoms with E-state index in [1.807, 2.05) is 12.1 Å². The summed E-state index contributed by atoms with van der Waals surface area (Å²) < 4.78 is 10.7. The molecule has 1 heterocycles.